The number of furan rings is 1. The first kappa shape index (κ1) is 32.3. The molecule has 0 saturated heterocycles. The second-order valence-corrected chi connectivity index (χ2v) is 18.0. The highest BCUT2D eigenvalue weighted by Crippen LogP contribution is 2.53. The van der Waals surface area contributed by atoms with E-state index >= 15 is 0 Å². The molecular formula is C52H43BN2O. The fraction of sp³-hybridized carbons (Fsp3) is 0.192. The van der Waals surface area contributed by atoms with Gasteiger partial charge in [-0.25, -0.2) is 0 Å². The van der Waals surface area contributed by atoms with Gasteiger partial charge in [0.15, 0.2) is 5.58 Å². The first-order valence-corrected chi connectivity index (χ1v) is 20.3. The smallest absolute Gasteiger partial charge is 0.333 e. The van der Waals surface area contributed by atoms with Gasteiger partial charge in [-0.05, 0) is 118 Å². The number of rotatable bonds is 2. The quantitative estimate of drug-likeness (QED) is 0.166. The summed E-state index contributed by atoms with van der Waals surface area (Å²) in [7, 11) is 0. The number of fused-ring (bicyclic) bond motifs is 12. The molecule has 0 radical (unpaired) electrons. The van der Waals surface area contributed by atoms with E-state index in [-0.39, 0.29) is 17.7 Å². The van der Waals surface area contributed by atoms with Gasteiger partial charge in [-0.3, -0.25) is 0 Å². The van der Waals surface area contributed by atoms with Crippen molar-refractivity contribution in [3.05, 3.63) is 150 Å². The predicted molar refractivity (Wildman–Crippen MR) is 237 cm³/mol. The van der Waals surface area contributed by atoms with Crippen LogP contribution in [0.1, 0.15) is 62.8 Å². The molecule has 3 aliphatic rings. The highest BCUT2D eigenvalue weighted by Gasteiger charge is 2.45. The molecule has 3 nitrogen and oxygen atoms in total. The lowest BCUT2D eigenvalue weighted by molar-refractivity contribution is 0.332. The molecule has 2 aromatic heterocycles. The number of benzene rings is 7. The minimum atomic E-state index is -0.0552. The first-order chi connectivity index (χ1) is 27.1. The summed E-state index contributed by atoms with van der Waals surface area (Å²) in [6.07, 6.45) is 2.35. The Morgan fingerprint density at radius 2 is 1.27 bits per heavy atom. The number of aromatic nitrogens is 1. The van der Waals surface area contributed by atoms with E-state index in [9.17, 15) is 0 Å². The molecule has 56 heavy (non-hydrogen) atoms. The average Bonchev–Trinajstić information content (AvgIpc) is 3.75. The largest absolute Gasteiger partial charge is 0.454 e. The van der Waals surface area contributed by atoms with E-state index in [0.29, 0.717) is 0 Å². The Morgan fingerprint density at radius 3 is 2.09 bits per heavy atom. The maximum Gasteiger partial charge on any atom is 0.333 e. The fourth-order valence-corrected chi connectivity index (χ4v) is 10.9. The van der Waals surface area contributed by atoms with Crippen molar-refractivity contribution in [3.8, 4) is 22.3 Å². The van der Waals surface area contributed by atoms with Gasteiger partial charge in [0.2, 0.25) is 0 Å². The number of hydrogen-bond donors (Lipinski definition) is 0. The Labute approximate surface area is 328 Å². The number of hydrogen-bond acceptors (Lipinski definition) is 2. The summed E-state index contributed by atoms with van der Waals surface area (Å²) >= 11 is 0. The Kier molecular flexibility index (Phi) is 6.25. The molecule has 0 bridgehead atoms. The van der Waals surface area contributed by atoms with Crippen molar-refractivity contribution < 1.29 is 4.42 Å². The van der Waals surface area contributed by atoms with E-state index in [0.717, 1.165) is 34.0 Å². The monoisotopic (exact) mass is 722 g/mol. The zero-order chi connectivity index (χ0) is 37.8. The molecule has 270 valence electrons. The van der Waals surface area contributed by atoms with Crippen LogP contribution in [-0.4, -0.2) is 11.3 Å². The van der Waals surface area contributed by atoms with Crippen LogP contribution in [0, 0.1) is 13.8 Å². The Morgan fingerprint density at radius 1 is 0.571 bits per heavy atom. The Hall–Kier alpha value is -6.00. The van der Waals surface area contributed by atoms with Gasteiger partial charge in [0.1, 0.15) is 5.58 Å². The molecule has 4 heterocycles. The lowest BCUT2D eigenvalue weighted by Gasteiger charge is -2.44. The summed E-state index contributed by atoms with van der Waals surface area (Å²) in [6.45, 7) is 14.3. The van der Waals surface area contributed by atoms with Crippen LogP contribution < -0.4 is 15.8 Å². The second kappa shape index (κ2) is 10.9. The molecule has 0 saturated carbocycles. The molecule has 12 rings (SSSR count). The third kappa shape index (κ3) is 4.09. The van der Waals surface area contributed by atoms with Crippen LogP contribution in [0.15, 0.2) is 132 Å². The van der Waals surface area contributed by atoms with Crippen LogP contribution in [0.4, 0.5) is 17.1 Å². The van der Waals surface area contributed by atoms with Gasteiger partial charge in [-0.2, -0.15) is 0 Å². The van der Waals surface area contributed by atoms with Crippen molar-refractivity contribution in [1.82, 2.24) is 4.48 Å². The van der Waals surface area contributed by atoms with E-state index in [1.165, 1.54) is 95.0 Å². The molecule has 0 atom stereocenters. The molecule has 4 heteroatoms. The third-order valence-corrected chi connectivity index (χ3v) is 13.9. The highest BCUT2D eigenvalue weighted by atomic mass is 16.3. The number of nitrogens with zero attached hydrogens (tertiary/aromatic N) is 2. The third-order valence-electron chi connectivity index (χ3n) is 13.9. The van der Waals surface area contributed by atoms with Crippen LogP contribution in [-0.2, 0) is 10.8 Å². The van der Waals surface area contributed by atoms with E-state index in [2.05, 4.69) is 178 Å². The van der Waals surface area contributed by atoms with Crippen molar-refractivity contribution in [2.24, 2.45) is 0 Å². The summed E-state index contributed by atoms with van der Waals surface area (Å²) in [5.41, 5.74) is 21.4. The van der Waals surface area contributed by atoms with Gasteiger partial charge in [0.05, 0.1) is 5.69 Å². The topological polar surface area (TPSA) is 21.3 Å². The standard InChI is InChI=1S/C52H43BN2O/c1-30-14-7-8-15-33(30)32-27-39-37-19-13-18-36-34-16-9-11-20-43(34)55(48(36)37)53-42-23-22-38-35-17-10-12-21-46(35)56-50(38)49(42)54(45(28-32)47(39)53)44-29-41-40(26-31(44)2)51(3,4)24-25-52(41,5)6/h7-23,26-29H,24-25H2,1-6H3. The highest BCUT2D eigenvalue weighted by molar-refractivity contribution is 6.90. The van der Waals surface area contributed by atoms with E-state index in [4.69, 9.17) is 4.42 Å². The van der Waals surface area contributed by atoms with Gasteiger partial charge in [-0.1, -0.05) is 125 Å². The zero-order valence-corrected chi connectivity index (χ0v) is 32.9. The zero-order valence-electron chi connectivity index (χ0n) is 32.9. The van der Waals surface area contributed by atoms with Crippen molar-refractivity contribution in [3.63, 3.8) is 0 Å². The molecule has 2 aliphatic heterocycles. The summed E-state index contributed by atoms with van der Waals surface area (Å²) in [5.74, 6) is 0. The molecule has 1 aliphatic carbocycles. The van der Waals surface area contributed by atoms with Crippen LogP contribution in [0.3, 0.4) is 0 Å². The van der Waals surface area contributed by atoms with Crippen molar-refractivity contribution >= 4 is 78.6 Å². The van der Waals surface area contributed by atoms with E-state index in [1.807, 2.05) is 0 Å². The molecule has 9 aromatic rings. The normalized spacial score (nSPS) is 16.1. The lowest BCUT2D eigenvalue weighted by Crippen LogP contribution is -2.56. The molecule has 0 fully saturated rings. The molecule has 0 amide bonds. The predicted octanol–water partition coefficient (Wildman–Crippen LogP) is 12.7. The number of aryl methyl sites for hydroxylation is 2. The SMILES string of the molecule is Cc1ccccc1-c1cc2c3c(c1)N(c1cc4c(cc1C)C(C)(C)CCC4(C)C)c1c(ccc4c1oc1ccccc14)B3n1c3ccccc3c3cccc-2c31. The van der Waals surface area contributed by atoms with Crippen LogP contribution in [0.5, 0.6) is 0 Å². The second-order valence-electron chi connectivity index (χ2n) is 18.0. The molecule has 0 N–H and O–H groups in total. The van der Waals surface area contributed by atoms with Crippen LogP contribution >= 0.6 is 0 Å². The van der Waals surface area contributed by atoms with Crippen molar-refractivity contribution in [1.29, 1.82) is 0 Å². The fourth-order valence-electron chi connectivity index (χ4n) is 10.9. The maximum atomic E-state index is 7.08. The van der Waals surface area contributed by atoms with E-state index in [1.54, 1.807) is 0 Å². The van der Waals surface area contributed by atoms with Crippen molar-refractivity contribution in [2.75, 3.05) is 4.90 Å². The first-order valence-electron chi connectivity index (χ1n) is 20.3. The van der Waals surface area contributed by atoms with E-state index < -0.39 is 0 Å². The summed E-state index contributed by atoms with van der Waals surface area (Å²) < 4.78 is 9.73. The molecular weight excluding hydrogens is 679 g/mol. The van der Waals surface area contributed by atoms with Gasteiger partial charge in [0.25, 0.3) is 0 Å². The minimum Gasteiger partial charge on any atom is -0.454 e. The van der Waals surface area contributed by atoms with Gasteiger partial charge < -0.3 is 13.8 Å². The molecule has 0 spiro atoms. The minimum absolute atomic E-state index is 0.0524. The maximum absolute atomic E-state index is 7.08. The van der Waals surface area contributed by atoms with Gasteiger partial charge in [-0.15, -0.1) is 0 Å². The van der Waals surface area contributed by atoms with Crippen LogP contribution in [0.25, 0.3) is 66.0 Å². The Bertz CT molecular complexity index is 3190. The molecule has 7 aromatic carbocycles. The summed E-state index contributed by atoms with van der Waals surface area (Å²) in [4.78, 5) is 2.61. The Balaban J connectivity index is 1.29. The lowest BCUT2D eigenvalue weighted by atomic mass is 9.45. The summed E-state index contributed by atoms with van der Waals surface area (Å²) in [6, 6.07) is 48.1. The average molecular weight is 723 g/mol. The van der Waals surface area contributed by atoms with Gasteiger partial charge >= 0.3 is 6.85 Å². The molecule has 0 unspecified atom stereocenters. The number of anilines is 3. The van der Waals surface area contributed by atoms with Gasteiger partial charge in [0, 0.05) is 49.5 Å². The van der Waals surface area contributed by atoms with Crippen LogP contribution in [0.2, 0.25) is 0 Å². The van der Waals surface area contributed by atoms with Crippen molar-refractivity contribution in [2.45, 2.75) is 65.2 Å². The summed E-state index contributed by atoms with van der Waals surface area (Å²) in [5, 5.41) is 4.90. The number of para-hydroxylation sites is 3.